The molecule has 0 spiro atoms. The standard InChI is InChI=1S/C19H21ClN6O2.C5H6N2O/c1-10(2)25-19(28)13-8-23-18-17(13)26-15(9-24-18)16(21)12-4-3-11(20)7-14(12)22-5-6-27;6-1-5-2-7(3-5)4-8/h3-4,7-10,21-22,27H,5-6H2,1-2H3,(H,23,24)(H,25,28);4-5H,2-3H2. The summed E-state index contributed by atoms with van der Waals surface area (Å²) in [5.41, 5.74) is 2.87. The van der Waals surface area contributed by atoms with Gasteiger partial charge in [0, 0.05) is 48.1 Å². The Morgan fingerprint density at radius 1 is 1.42 bits per heavy atom. The van der Waals surface area contributed by atoms with Crippen LogP contribution in [-0.2, 0) is 4.79 Å². The first-order chi connectivity index (χ1) is 17.3. The van der Waals surface area contributed by atoms with Crippen LogP contribution in [0.2, 0.25) is 5.02 Å². The van der Waals surface area contributed by atoms with Crippen LogP contribution in [0.1, 0.15) is 35.5 Å². The largest absolute Gasteiger partial charge is 0.395 e. The molecule has 1 saturated heterocycles. The molecule has 1 aliphatic heterocycles. The van der Waals surface area contributed by atoms with Gasteiger partial charge in [-0.25, -0.2) is 9.97 Å². The van der Waals surface area contributed by atoms with Gasteiger partial charge in [-0.2, -0.15) is 5.26 Å². The number of hydrogen-bond donors (Lipinski definition) is 5. The topological polar surface area (TPSA) is 171 Å². The van der Waals surface area contributed by atoms with Gasteiger partial charge in [-0.15, -0.1) is 0 Å². The molecule has 2 amide bonds. The van der Waals surface area contributed by atoms with E-state index in [0.29, 0.717) is 58.3 Å². The number of likely N-dealkylation sites (tertiary alicyclic amines) is 1. The number of aliphatic hydroxyl groups excluding tert-OH is 1. The number of anilines is 1. The van der Waals surface area contributed by atoms with Gasteiger partial charge in [0.15, 0.2) is 5.65 Å². The number of aromatic nitrogens is 3. The van der Waals surface area contributed by atoms with Crippen molar-refractivity contribution in [1.29, 1.82) is 10.7 Å². The van der Waals surface area contributed by atoms with Crippen molar-refractivity contribution >= 4 is 46.5 Å². The lowest BCUT2D eigenvalue weighted by atomic mass is 10.0. The van der Waals surface area contributed by atoms with E-state index < -0.39 is 0 Å². The third kappa shape index (κ3) is 6.35. The number of rotatable bonds is 8. The molecule has 188 valence electrons. The lowest BCUT2D eigenvalue weighted by Crippen LogP contribution is -2.44. The predicted octanol–water partition coefficient (Wildman–Crippen LogP) is 2.17. The van der Waals surface area contributed by atoms with Gasteiger partial charge < -0.3 is 25.6 Å². The summed E-state index contributed by atoms with van der Waals surface area (Å²) in [4.78, 5) is 35.6. The maximum Gasteiger partial charge on any atom is 0.255 e. The van der Waals surface area contributed by atoms with Crippen molar-refractivity contribution in [1.82, 2.24) is 25.2 Å². The summed E-state index contributed by atoms with van der Waals surface area (Å²) in [5, 5.41) is 32.2. The summed E-state index contributed by atoms with van der Waals surface area (Å²) in [6, 6.07) is 7.13. The molecule has 0 saturated carbocycles. The summed E-state index contributed by atoms with van der Waals surface area (Å²) < 4.78 is 0. The normalized spacial score (nSPS) is 12.8. The number of H-pyrrole nitrogens is 1. The monoisotopic (exact) mass is 510 g/mol. The highest BCUT2D eigenvalue weighted by Gasteiger charge is 2.24. The number of nitriles is 1. The van der Waals surface area contributed by atoms with E-state index in [4.69, 9.17) is 27.4 Å². The van der Waals surface area contributed by atoms with E-state index in [0.717, 1.165) is 6.41 Å². The van der Waals surface area contributed by atoms with E-state index in [-0.39, 0.29) is 30.2 Å². The number of amides is 2. The summed E-state index contributed by atoms with van der Waals surface area (Å²) in [7, 11) is 0. The number of aromatic amines is 1. The SMILES string of the molecule is CC(C)NC(=O)c1c[nH]c2ncc(C(=N)c3ccc(Cl)cc3NCCO)nc12.N#CC1CN(C=O)C1. The number of hydrogen-bond acceptors (Lipinski definition) is 8. The summed E-state index contributed by atoms with van der Waals surface area (Å²) in [6.07, 6.45) is 3.82. The smallest absolute Gasteiger partial charge is 0.255 e. The Bertz CT molecular complexity index is 1290. The van der Waals surface area contributed by atoms with Gasteiger partial charge >= 0.3 is 0 Å². The highest BCUT2D eigenvalue weighted by molar-refractivity contribution is 6.31. The lowest BCUT2D eigenvalue weighted by molar-refractivity contribution is -0.122. The summed E-state index contributed by atoms with van der Waals surface area (Å²) in [5.74, 6) is -0.156. The molecule has 36 heavy (non-hydrogen) atoms. The van der Waals surface area contributed by atoms with E-state index in [1.165, 1.54) is 6.20 Å². The summed E-state index contributed by atoms with van der Waals surface area (Å²) in [6.45, 7) is 5.27. The predicted molar refractivity (Wildman–Crippen MR) is 136 cm³/mol. The molecule has 1 aliphatic rings. The van der Waals surface area contributed by atoms with Crippen molar-refractivity contribution in [3.8, 4) is 6.07 Å². The third-order valence-corrected chi connectivity index (χ3v) is 5.46. The maximum atomic E-state index is 12.4. The number of halogens is 1. The van der Waals surface area contributed by atoms with Crippen LogP contribution in [0.25, 0.3) is 11.2 Å². The molecule has 0 aliphatic carbocycles. The van der Waals surface area contributed by atoms with Crippen LogP contribution in [0, 0.1) is 22.7 Å². The van der Waals surface area contributed by atoms with Gasteiger partial charge in [-0.1, -0.05) is 11.6 Å². The summed E-state index contributed by atoms with van der Waals surface area (Å²) >= 11 is 6.06. The molecule has 0 bridgehead atoms. The number of nitrogens with zero attached hydrogens (tertiary/aromatic N) is 4. The second kappa shape index (κ2) is 12.1. The number of carbonyl (C=O) groups excluding carboxylic acids is 2. The van der Waals surface area contributed by atoms with Gasteiger partial charge in [-0.3, -0.25) is 15.0 Å². The van der Waals surface area contributed by atoms with Crippen LogP contribution in [0.5, 0.6) is 0 Å². The fourth-order valence-corrected chi connectivity index (χ4v) is 3.59. The molecule has 0 radical (unpaired) electrons. The van der Waals surface area contributed by atoms with E-state index in [1.807, 2.05) is 13.8 Å². The number of carbonyl (C=O) groups is 2. The van der Waals surface area contributed by atoms with Gasteiger partial charge in [0.2, 0.25) is 6.41 Å². The van der Waals surface area contributed by atoms with Crippen molar-refractivity contribution in [3.05, 3.63) is 52.4 Å². The Kier molecular flexibility index (Phi) is 8.94. The third-order valence-electron chi connectivity index (χ3n) is 5.22. The first kappa shape index (κ1) is 26.6. The molecule has 3 heterocycles. The molecule has 12 heteroatoms. The average molecular weight is 511 g/mol. The Morgan fingerprint density at radius 3 is 2.81 bits per heavy atom. The Morgan fingerprint density at radius 2 is 2.17 bits per heavy atom. The van der Waals surface area contributed by atoms with Crippen LogP contribution in [0.15, 0.2) is 30.6 Å². The molecular formula is C24H27ClN8O3. The highest BCUT2D eigenvalue weighted by atomic mass is 35.5. The van der Waals surface area contributed by atoms with Gasteiger partial charge in [0.25, 0.3) is 5.91 Å². The van der Waals surface area contributed by atoms with Crippen LogP contribution < -0.4 is 10.6 Å². The van der Waals surface area contributed by atoms with E-state index >= 15 is 0 Å². The van der Waals surface area contributed by atoms with Crippen molar-refractivity contribution in [2.24, 2.45) is 5.92 Å². The Hall–Kier alpha value is -4.01. The second-order valence-corrected chi connectivity index (χ2v) is 8.82. The number of fused-ring (bicyclic) bond motifs is 1. The van der Waals surface area contributed by atoms with Crippen molar-refractivity contribution in [2.45, 2.75) is 19.9 Å². The van der Waals surface area contributed by atoms with Crippen LogP contribution >= 0.6 is 11.6 Å². The zero-order chi connectivity index (χ0) is 26.2. The van der Waals surface area contributed by atoms with Gasteiger partial charge in [0.05, 0.1) is 36.1 Å². The average Bonchev–Trinajstić information content (AvgIpc) is 3.25. The van der Waals surface area contributed by atoms with Crippen LogP contribution in [0.4, 0.5) is 5.69 Å². The minimum atomic E-state index is -0.254. The zero-order valence-electron chi connectivity index (χ0n) is 19.9. The van der Waals surface area contributed by atoms with Gasteiger partial charge in [0.1, 0.15) is 11.2 Å². The first-order valence-corrected chi connectivity index (χ1v) is 11.6. The maximum absolute atomic E-state index is 12.4. The first-order valence-electron chi connectivity index (χ1n) is 11.2. The van der Waals surface area contributed by atoms with Crippen molar-refractivity contribution in [2.75, 3.05) is 31.6 Å². The Labute approximate surface area is 213 Å². The zero-order valence-corrected chi connectivity index (χ0v) is 20.6. The minimum absolute atomic E-state index is 0.0129. The second-order valence-electron chi connectivity index (χ2n) is 8.38. The van der Waals surface area contributed by atoms with Crippen LogP contribution in [0.3, 0.4) is 0 Å². The fourth-order valence-electron chi connectivity index (χ4n) is 3.41. The van der Waals surface area contributed by atoms with Crippen molar-refractivity contribution < 1.29 is 14.7 Å². The number of nitrogens with one attached hydrogen (secondary N) is 4. The van der Waals surface area contributed by atoms with Gasteiger partial charge in [-0.05, 0) is 32.0 Å². The molecule has 3 aromatic rings. The highest BCUT2D eigenvalue weighted by Crippen LogP contribution is 2.24. The molecule has 1 aromatic carbocycles. The number of benzene rings is 1. The molecule has 2 aromatic heterocycles. The van der Waals surface area contributed by atoms with E-state index in [2.05, 4.69) is 31.7 Å². The van der Waals surface area contributed by atoms with Crippen LogP contribution in [-0.4, -0.2) is 75.3 Å². The number of aliphatic hydroxyl groups is 1. The molecule has 1 fully saturated rings. The lowest BCUT2D eigenvalue weighted by Gasteiger charge is -2.31. The fraction of sp³-hybridized carbons (Fsp3) is 0.333. The van der Waals surface area contributed by atoms with E-state index in [9.17, 15) is 9.59 Å². The molecule has 11 nitrogen and oxygen atoms in total. The Balaban J connectivity index is 0.000000383. The molecular weight excluding hydrogens is 484 g/mol. The quantitative estimate of drug-likeness (QED) is 0.228. The molecule has 0 atom stereocenters. The molecule has 5 N–H and O–H groups in total. The molecule has 0 unspecified atom stereocenters. The van der Waals surface area contributed by atoms with E-state index in [1.54, 1.807) is 29.3 Å². The molecule has 4 rings (SSSR count). The van der Waals surface area contributed by atoms with Crippen molar-refractivity contribution in [3.63, 3.8) is 0 Å². The minimum Gasteiger partial charge on any atom is -0.395 e.